The van der Waals surface area contributed by atoms with Crippen molar-refractivity contribution < 1.29 is 19.5 Å². The summed E-state index contributed by atoms with van der Waals surface area (Å²) in [5.41, 5.74) is 1.99. The summed E-state index contributed by atoms with van der Waals surface area (Å²) in [6.07, 6.45) is 0. The predicted molar refractivity (Wildman–Crippen MR) is 101 cm³/mol. The van der Waals surface area contributed by atoms with Gasteiger partial charge in [-0.15, -0.1) is 0 Å². The van der Waals surface area contributed by atoms with Crippen molar-refractivity contribution in [3.63, 3.8) is 0 Å². The Kier molecular flexibility index (Phi) is 6.48. The fraction of sp³-hybridized carbons (Fsp3) is 0.263. The van der Waals surface area contributed by atoms with Crippen LogP contribution in [0.25, 0.3) is 0 Å². The molecular weight excluding hydrogens is 348 g/mol. The molecular formula is C19H22N4O4. The topological polar surface area (TPSA) is 120 Å². The molecule has 0 saturated heterocycles. The van der Waals surface area contributed by atoms with Gasteiger partial charge in [0.1, 0.15) is 5.69 Å². The number of benzene rings is 1. The molecule has 2 aromatic rings. The van der Waals surface area contributed by atoms with Gasteiger partial charge in [-0.2, -0.15) is 0 Å². The number of hydrogen-bond donors (Lipinski definition) is 4. The Morgan fingerprint density at radius 2 is 1.74 bits per heavy atom. The Morgan fingerprint density at radius 1 is 1.07 bits per heavy atom. The number of aryl methyl sites for hydroxylation is 1. The zero-order chi connectivity index (χ0) is 20.0. The maximum Gasteiger partial charge on any atom is 0.337 e. The summed E-state index contributed by atoms with van der Waals surface area (Å²) >= 11 is 0. The fourth-order valence-corrected chi connectivity index (χ4v) is 2.32. The highest BCUT2D eigenvalue weighted by molar-refractivity contribution is 5.94. The molecule has 8 nitrogen and oxygen atoms in total. The van der Waals surface area contributed by atoms with Crippen molar-refractivity contribution in [1.29, 1.82) is 0 Å². The Hall–Kier alpha value is -3.42. The number of hydrogen-bond acceptors (Lipinski definition) is 4. The number of amides is 3. The summed E-state index contributed by atoms with van der Waals surface area (Å²) in [7, 11) is 0. The number of aromatic carboxylic acids is 1. The third-order valence-electron chi connectivity index (χ3n) is 3.63. The van der Waals surface area contributed by atoms with Gasteiger partial charge < -0.3 is 21.1 Å². The molecule has 27 heavy (non-hydrogen) atoms. The van der Waals surface area contributed by atoms with E-state index in [0.717, 1.165) is 5.56 Å². The van der Waals surface area contributed by atoms with Crippen LogP contribution in [0.4, 0.5) is 10.5 Å². The first kappa shape index (κ1) is 19.9. The second-order valence-electron chi connectivity index (χ2n) is 6.27. The smallest absolute Gasteiger partial charge is 0.337 e. The lowest BCUT2D eigenvalue weighted by molar-refractivity contribution is 0.0694. The van der Waals surface area contributed by atoms with E-state index in [1.54, 1.807) is 31.2 Å². The molecule has 0 spiro atoms. The third kappa shape index (κ3) is 5.81. The number of carboxylic acids is 1. The van der Waals surface area contributed by atoms with E-state index in [-0.39, 0.29) is 35.6 Å². The van der Waals surface area contributed by atoms with E-state index in [9.17, 15) is 14.4 Å². The number of urea groups is 1. The highest BCUT2D eigenvalue weighted by Gasteiger charge is 2.13. The van der Waals surface area contributed by atoms with Gasteiger partial charge in [-0.25, -0.2) is 14.6 Å². The van der Waals surface area contributed by atoms with E-state index in [0.29, 0.717) is 5.69 Å². The summed E-state index contributed by atoms with van der Waals surface area (Å²) < 4.78 is 0. The largest absolute Gasteiger partial charge is 0.478 e. The van der Waals surface area contributed by atoms with Crippen LogP contribution in [-0.2, 0) is 6.54 Å². The minimum absolute atomic E-state index is 0.0429. The molecule has 142 valence electrons. The fourth-order valence-electron chi connectivity index (χ4n) is 2.32. The SMILES string of the molecule is Cc1nc(C(=O)NCc2ccc(NC(=O)NC(C)C)cc2)ccc1C(=O)O. The van der Waals surface area contributed by atoms with Gasteiger partial charge in [0, 0.05) is 18.3 Å². The third-order valence-corrected chi connectivity index (χ3v) is 3.63. The molecule has 2 rings (SSSR count). The van der Waals surface area contributed by atoms with Gasteiger partial charge in [-0.1, -0.05) is 12.1 Å². The lowest BCUT2D eigenvalue weighted by Crippen LogP contribution is -2.34. The summed E-state index contributed by atoms with van der Waals surface area (Å²) in [6, 6.07) is 9.57. The second kappa shape index (κ2) is 8.79. The minimum atomic E-state index is -1.08. The van der Waals surface area contributed by atoms with Crippen LogP contribution in [0.3, 0.4) is 0 Å². The highest BCUT2D eigenvalue weighted by Crippen LogP contribution is 2.10. The number of nitrogens with one attached hydrogen (secondary N) is 3. The number of rotatable bonds is 6. The maximum absolute atomic E-state index is 12.2. The minimum Gasteiger partial charge on any atom is -0.478 e. The number of aromatic nitrogens is 1. The summed E-state index contributed by atoms with van der Waals surface area (Å²) in [6.45, 7) is 5.56. The van der Waals surface area contributed by atoms with Crippen LogP contribution in [0.1, 0.15) is 46.0 Å². The molecule has 3 amide bonds. The van der Waals surface area contributed by atoms with Crippen molar-refractivity contribution in [2.75, 3.05) is 5.32 Å². The molecule has 0 atom stereocenters. The van der Waals surface area contributed by atoms with Crippen molar-refractivity contribution in [1.82, 2.24) is 15.6 Å². The molecule has 4 N–H and O–H groups in total. The molecule has 1 aromatic heterocycles. The number of anilines is 1. The van der Waals surface area contributed by atoms with E-state index in [1.165, 1.54) is 12.1 Å². The first-order valence-corrected chi connectivity index (χ1v) is 8.42. The van der Waals surface area contributed by atoms with Crippen molar-refractivity contribution in [3.05, 3.63) is 58.9 Å². The number of carbonyl (C=O) groups excluding carboxylic acids is 2. The van der Waals surface area contributed by atoms with E-state index in [4.69, 9.17) is 5.11 Å². The van der Waals surface area contributed by atoms with Crippen molar-refractivity contribution in [3.8, 4) is 0 Å². The van der Waals surface area contributed by atoms with E-state index < -0.39 is 11.9 Å². The van der Waals surface area contributed by atoms with Crippen molar-refractivity contribution in [2.45, 2.75) is 33.4 Å². The Morgan fingerprint density at radius 3 is 2.30 bits per heavy atom. The predicted octanol–water partition coefficient (Wildman–Crippen LogP) is 2.55. The van der Waals surface area contributed by atoms with Gasteiger partial charge in [-0.05, 0) is 50.6 Å². The molecule has 0 saturated carbocycles. The van der Waals surface area contributed by atoms with Gasteiger partial charge in [-0.3, -0.25) is 4.79 Å². The Balaban J connectivity index is 1.92. The maximum atomic E-state index is 12.2. The molecule has 1 heterocycles. The average Bonchev–Trinajstić information content (AvgIpc) is 2.59. The molecule has 0 aliphatic heterocycles. The molecule has 1 aromatic carbocycles. The lowest BCUT2D eigenvalue weighted by atomic mass is 10.1. The quantitative estimate of drug-likeness (QED) is 0.623. The van der Waals surface area contributed by atoms with Crippen molar-refractivity contribution in [2.24, 2.45) is 0 Å². The van der Waals surface area contributed by atoms with Gasteiger partial charge in [0.2, 0.25) is 0 Å². The van der Waals surface area contributed by atoms with Gasteiger partial charge in [0.05, 0.1) is 11.3 Å². The van der Waals surface area contributed by atoms with Gasteiger partial charge in [0.25, 0.3) is 5.91 Å². The van der Waals surface area contributed by atoms with Crippen LogP contribution >= 0.6 is 0 Å². The van der Waals surface area contributed by atoms with Crippen LogP contribution in [0, 0.1) is 6.92 Å². The molecule has 0 bridgehead atoms. The number of carbonyl (C=O) groups is 3. The average molecular weight is 370 g/mol. The summed E-state index contributed by atoms with van der Waals surface area (Å²) in [5, 5.41) is 17.2. The first-order chi connectivity index (χ1) is 12.8. The van der Waals surface area contributed by atoms with Gasteiger partial charge in [0.15, 0.2) is 0 Å². The number of pyridine rings is 1. The van der Waals surface area contributed by atoms with Crippen LogP contribution in [0.2, 0.25) is 0 Å². The lowest BCUT2D eigenvalue weighted by Gasteiger charge is -2.11. The molecule has 0 radical (unpaired) electrons. The van der Waals surface area contributed by atoms with Gasteiger partial charge >= 0.3 is 12.0 Å². The molecule has 0 aliphatic carbocycles. The molecule has 8 heteroatoms. The first-order valence-electron chi connectivity index (χ1n) is 8.42. The van der Waals surface area contributed by atoms with E-state index >= 15 is 0 Å². The number of nitrogens with zero attached hydrogens (tertiary/aromatic N) is 1. The summed E-state index contributed by atoms with van der Waals surface area (Å²) in [4.78, 5) is 38.8. The monoisotopic (exact) mass is 370 g/mol. The zero-order valence-corrected chi connectivity index (χ0v) is 15.4. The molecule has 0 fully saturated rings. The Labute approximate surface area is 157 Å². The van der Waals surface area contributed by atoms with Crippen LogP contribution in [-0.4, -0.2) is 34.0 Å². The highest BCUT2D eigenvalue weighted by atomic mass is 16.4. The standard InChI is InChI=1S/C19H22N4O4/c1-11(2)21-19(27)23-14-6-4-13(5-7-14)10-20-17(24)16-9-8-15(18(25)26)12(3)22-16/h4-9,11H,10H2,1-3H3,(H,20,24)(H,25,26)(H2,21,23,27). The van der Waals surface area contributed by atoms with E-state index in [2.05, 4.69) is 20.9 Å². The van der Waals surface area contributed by atoms with Crippen LogP contribution in [0.15, 0.2) is 36.4 Å². The summed E-state index contributed by atoms with van der Waals surface area (Å²) in [5.74, 6) is -1.48. The normalized spacial score (nSPS) is 10.4. The molecule has 0 aliphatic rings. The van der Waals surface area contributed by atoms with Crippen LogP contribution in [0.5, 0.6) is 0 Å². The second-order valence-corrected chi connectivity index (χ2v) is 6.27. The number of carboxylic acid groups (broad SMARTS) is 1. The zero-order valence-electron chi connectivity index (χ0n) is 15.4. The Bertz CT molecular complexity index is 847. The van der Waals surface area contributed by atoms with Crippen molar-refractivity contribution >= 4 is 23.6 Å². The van der Waals surface area contributed by atoms with Crippen LogP contribution < -0.4 is 16.0 Å². The molecule has 0 unspecified atom stereocenters. The van der Waals surface area contributed by atoms with E-state index in [1.807, 2.05) is 13.8 Å².